The van der Waals surface area contributed by atoms with Crippen LogP contribution in [0.2, 0.25) is 0 Å². The van der Waals surface area contributed by atoms with Crippen molar-refractivity contribution >= 4 is 5.91 Å². The van der Waals surface area contributed by atoms with Crippen molar-refractivity contribution < 1.29 is 9.53 Å². The van der Waals surface area contributed by atoms with E-state index in [1.807, 2.05) is 4.90 Å². The molecule has 2 rings (SSSR count). The fourth-order valence-corrected chi connectivity index (χ4v) is 1.65. The number of nitrogens with zero attached hydrogens (tertiary/aromatic N) is 3. The molecule has 5 heteroatoms. The van der Waals surface area contributed by atoms with E-state index in [1.165, 1.54) is 13.4 Å². The van der Waals surface area contributed by atoms with Gasteiger partial charge in [0.1, 0.15) is 12.0 Å². The van der Waals surface area contributed by atoms with Gasteiger partial charge < -0.3 is 9.64 Å². The number of rotatable bonds is 2. The number of carbonyl (C=O) groups excluding carboxylic acids is 1. The molecule has 1 aliphatic heterocycles. The van der Waals surface area contributed by atoms with Crippen molar-refractivity contribution in [3.05, 3.63) is 18.1 Å². The normalized spacial score (nSPS) is 15.4. The lowest BCUT2D eigenvalue weighted by Gasteiger charge is -2.14. The van der Waals surface area contributed by atoms with Crippen LogP contribution in [0.25, 0.3) is 0 Å². The molecule has 0 aliphatic carbocycles. The Morgan fingerprint density at radius 2 is 2.13 bits per heavy atom. The molecule has 0 N–H and O–H groups in total. The highest BCUT2D eigenvalue weighted by molar-refractivity contribution is 5.92. The van der Waals surface area contributed by atoms with E-state index in [9.17, 15) is 4.79 Å². The second-order valence-corrected chi connectivity index (χ2v) is 3.44. The molecule has 0 atom stereocenters. The van der Waals surface area contributed by atoms with Gasteiger partial charge in [0.25, 0.3) is 5.91 Å². The Kier molecular flexibility index (Phi) is 2.80. The van der Waals surface area contributed by atoms with Crippen LogP contribution in [0.5, 0.6) is 5.88 Å². The standard InChI is InChI=1S/C10H13N3O2/c1-15-9-6-8(11-7-12-9)10(14)13-4-2-3-5-13/h6-7H,2-5H2,1H3. The molecule has 5 nitrogen and oxygen atoms in total. The van der Waals surface area contributed by atoms with Crippen molar-refractivity contribution in [2.45, 2.75) is 12.8 Å². The number of amides is 1. The summed E-state index contributed by atoms with van der Waals surface area (Å²) >= 11 is 0. The van der Waals surface area contributed by atoms with Gasteiger partial charge in [-0.2, -0.15) is 0 Å². The van der Waals surface area contributed by atoms with E-state index in [2.05, 4.69) is 9.97 Å². The Labute approximate surface area is 88.1 Å². The van der Waals surface area contributed by atoms with Crippen LogP contribution in [-0.2, 0) is 0 Å². The zero-order chi connectivity index (χ0) is 10.7. The maximum atomic E-state index is 11.9. The topological polar surface area (TPSA) is 55.3 Å². The Morgan fingerprint density at radius 3 is 2.80 bits per heavy atom. The van der Waals surface area contributed by atoms with Gasteiger partial charge in [-0.15, -0.1) is 0 Å². The molecule has 1 amide bonds. The molecule has 1 fully saturated rings. The Hall–Kier alpha value is -1.65. The highest BCUT2D eigenvalue weighted by atomic mass is 16.5. The first-order chi connectivity index (χ1) is 7.31. The first-order valence-electron chi connectivity index (χ1n) is 4.96. The first-order valence-corrected chi connectivity index (χ1v) is 4.96. The van der Waals surface area contributed by atoms with Gasteiger partial charge in [-0.3, -0.25) is 4.79 Å². The quantitative estimate of drug-likeness (QED) is 0.717. The molecule has 1 aromatic rings. The molecule has 15 heavy (non-hydrogen) atoms. The highest BCUT2D eigenvalue weighted by Crippen LogP contribution is 2.13. The van der Waals surface area contributed by atoms with Crippen molar-refractivity contribution in [1.82, 2.24) is 14.9 Å². The van der Waals surface area contributed by atoms with Gasteiger partial charge in [0.15, 0.2) is 0 Å². The van der Waals surface area contributed by atoms with E-state index in [1.54, 1.807) is 6.07 Å². The van der Waals surface area contributed by atoms with Gasteiger partial charge in [0.05, 0.1) is 7.11 Å². The van der Waals surface area contributed by atoms with Gasteiger partial charge in [-0.1, -0.05) is 0 Å². The summed E-state index contributed by atoms with van der Waals surface area (Å²) in [5, 5.41) is 0. The molecule has 0 aromatic carbocycles. The van der Waals surface area contributed by atoms with Crippen molar-refractivity contribution in [2.75, 3.05) is 20.2 Å². The molecular weight excluding hydrogens is 194 g/mol. The Bertz CT molecular complexity index is 361. The second kappa shape index (κ2) is 4.25. The predicted molar refractivity (Wildman–Crippen MR) is 53.7 cm³/mol. The molecule has 1 saturated heterocycles. The van der Waals surface area contributed by atoms with Crippen LogP contribution >= 0.6 is 0 Å². The third-order valence-electron chi connectivity index (χ3n) is 2.46. The van der Waals surface area contributed by atoms with Crippen molar-refractivity contribution in [1.29, 1.82) is 0 Å². The van der Waals surface area contributed by atoms with Gasteiger partial charge in [-0.25, -0.2) is 9.97 Å². The van der Waals surface area contributed by atoms with E-state index in [0.29, 0.717) is 11.6 Å². The molecule has 0 spiro atoms. The van der Waals surface area contributed by atoms with E-state index >= 15 is 0 Å². The summed E-state index contributed by atoms with van der Waals surface area (Å²) in [6.45, 7) is 1.65. The minimum atomic E-state index is -0.0341. The molecular formula is C10H13N3O2. The lowest BCUT2D eigenvalue weighted by atomic mass is 10.3. The fraction of sp³-hybridized carbons (Fsp3) is 0.500. The van der Waals surface area contributed by atoms with Crippen molar-refractivity contribution in [2.24, 2.45) is 0 Å². The smallest absolute Gasteiger partial charge is 0.272 e. The summed E-state index contributed by atoms with van der Waals surface area (Å²) in [5.41, 5.74) is 0.406. The molecule has 80 valence electrons. The van der Waals surface area contributed by atoms with Crippen LogP contribution in [0, 0.1) is 0 Å². The maximum absolute atomic E-state index is 11.9. The highest BCUT2D eigenvalue weighted by Gasteiger charge is 2.20. The van der Waals surface area contributed by atoms with Crippen LogP contribution in [0.15, 0.2) is 12.4 Å². The van der Waals surface area contributed by atoms with Gasteiger partial charge >= 0.3 is 0 Å². The molecule has 0 unspecified atom stereocenters. The molecule has 0 radical (unpaired) electrons. The zero-order valence-electron chi connectivity index (χ0n) is 8.64. The second-order valence-electron chi connectivity index (χ2n) is 3.44. The van der Waals surface area contributed by atoms with E-state index < -0.39 is 0 Å². The molecule has 0 saturated carbocycles. The lowest BCUT2D eigenvalue weighted by Crippen LogP contribution is -2.28. The largest absolute Gasteiger partial charge is 0.481 e. The summed E-state index contributed by atoms with van der Waals surface area (Å²) in [5.74, 6) is 0.390. The van der Waals surface area contributed by atoms with Crippen molar-refractivity contribution in [3.8, 4) is 5.88 Å². The average Bonchev–Trinajstić information content (AvgIpc) is 2.81. The summed E-state index contributed by atoms with van der Waals surface area (Å²) in [7, 11) is 1.52. The average molecular weight is 207 g/mol. The third kappa shape index (κ3) is 2.06. The molecule has 1 aliphatic rings. The number of carbonyl (C=O) groups is 1. The SMILES string of the molecule is COc1cc(C(=O)N2CCCC2)ncn1. The van der Waals surface area contributed by atoms with Crippen molar-refractivity contribution in [3.63, 3.8) is 0 Å². The minimum absolute atomic E-state index is 0.0341. The number of hydrogen-bond acceptors (Lipinski definition) is 4. The Balaban J connectivity index is 2.17. The third-order valence-corrected chi connectivity index (χ3v) is 2.46. The molecule has 1 aromatic heterocycles. The number of methoxy groups -OCH3 is 1. The Morgan fingerprint density at radius 1 is 1.40 bits per heavy atom. The number of aromatic nitrogens is 2. The van der Waals surface area contributed by atoms with Crippen LogP contribution in [0.4, 0.5) is 0 Å². The van der Waals surface area contributed by atoms with E-state index in [4.69, 9.17) is 4.74 Å². The van der Waals surface area contributed by atoms with Gasteiger partial charge in [0.2, 0.25) is 5.88 Å². The van der Waals surface area contributed by atoms with Gasteiger partial charge in [-0.05, 0) is 12.8 Å². The summed E-state index contributed by atoms with van der Waals surface area (Å²) in [4.78, 5) is 21.5. The summed E-state index contributed by atoms with van der Waals surface area (Å²) in [6, 6.07) is 1.57. The predicted octanol–water partition coefficient (Wildman–Crippen LogP) is 0.721. The summed E-state index contributed by atoms with van der Waals surface area (Å²) < 4.78 is 4.95. The van der Waals surface area contributed by atoms with Gasteiger partial charge in [0, 0.05) is 19.2 Å². The van der Waals surface area contributed by atoms with Crippen LogP contribution < -0.4 is 4.74 Å². The van der Waals surface area contributed by atoms with Crippen LogP contribution in [-0.4, -0.2) is 41.0 Å². The zero-order valence-corrected chi connectivity index (χ0v) is 8.64. The lowest BCUT2D eigenvalue weighted by molar-refractivity contribution is 0.0786. The minimum Gasteiger partial charge on any atom is -0.481 e. The van der Waals surface area contributed by atoms with Crippen LogP contribution in [0.3, 0.4) is 0 Å². The first kappa shape index (κ1) is 9.89. The van der Waals surface area contributed by atoms with E-state index in [-0.39, 0.29) is 5.91 Å². The summed E-state index contributed by atoms with van der Waals surface area (Å²) in [6.07, 6.45) is 3.50. The number of likely N-dealkylation sites (tertiary alicyclic amines) is 1. The monoisotopic (exact) mass is 207 g/mol. The maximum Gasteiger partial charge on any atom is 0.272 e. The van der Waals surface area contributed by atoms with Crippen LogP contribution in [0.1, 0.15) is 23.3 Å². The molecule has 0 bridgehead atoms. The fourth-order valence-electron chi connectivity index (χ4n) is 1.65. The number of hydrogen-bond donors (Lipinski definition) is 0. The van der Waals surface area contributed by atoms with E-state index in [0.717, 1.165) is 25.9 Å². The number of ether oxygens (including phenoxy) is 1. The molecule has 2 heterocycles.